The molecule has 3 heterocycles. The lowest BCUT2D eigenvalue weighted by Crippen LogP contribution is -2.51. The van der Waals surface area contributed by atoms with Gasteiger partial charge < -0.3 is 50.9 Å². The molecule has 5 unspecified atom stereocenters. The van der Waals surface area contributed by atoms with E-state index in [2.05, 4.69) is 36.6 Å². The Morgan fingerprint density at radius 1 is 0.806 bits per heavy atom. The number of rotatable bonds is 21. The van der Waals surface area contributed by atoms with E-state index in [0.717, 1.165) is 16.5 Å². The first-order valence-electron chi connectivity index (χ1n) is 21.1. The van der Waals surface area contributed by atoms with Gasteiger partial charge in [-0.1, -0.05) is 13.8 Å². The number of ether oxygens (including phenoxy) is 2. The minimum absolute atomic E-state index is 0.00347. The zero-order valence-electron chi connectivity index (χ0n) is 36.1. The van der Waals surface area contributed by atoms with E-state index < -0.39 is 59.8 Å². The van der Waals surface area contributed by atoms with Crippen LogP contribution in [0.2, 0.25) is 0 Å². The minimum Gasteiger partial charge on any atom is -0.461 e. The molecule has 1 aliphatic heterocycles. The summed E-state index contributed by atoms with van der Waals surface area (Å²) < 4.78 is 40.8. The number of likely N-dealkylation sites (N-methyl/N-ethyl adjacent to an activating group) is 2. The Morgan fingerprint density at radius 2 is 1.37 bits per heavy atom. The highest BCUT2D eigenvalue weighted by molar-refractivity contribution is 5.96. The van der Waals surface area contributed by atoms with Crippen LogP contribution >= 0.6 is 0 Å². The van der Waals surface area contributed by atoms with Crippen LogP contribution in [0.3, 0.4) is 0 Å². The Bertz CT molecular complexity index is 2260. The van der Waals surface area contributed by atoms with Crippen LogP contribution in [-0.2, 0) is 51.1 Å². The van der Waals surface area contributed by atoms with E-state index in [1.165, 1.54) is 38.1 Å². The highest BCUT2D eigenvalue weighted by Crippen LogP contribution is 2.39. The number of fused-ring (bicyclic) bond motifs is 2. The number of esters is 2. The Kier molecular flexibility index (Phi) is 16.6. The van der Waals surface area contributed by atoms with Crippen LogP contribution in [0.15, 0.2) is 36.4 Å². The molecular formula is C44H58F2N8O8. The summed E-state index contributed by atoms with van der Waals surface area (Å²) in [6.45, 7) is 6.34. The van der Waals surface area contributed by atoms with Crippen molar-refractivity contribution in [3.63, 3.8) is 0 Å². The van der Waals surface area contributed by atoms with Gasteiger partial charge in [-0.05, 0) is 100 Å². The molecule has 18 heteroatoms. The minimum atomic E-state index is -0.831. The average molecular weight is 865 g/mol. The van der Waals surface area contributed by atoms with Gasteiger partial charge in [-0.3, -0.25) is 28.8 Å². The molecule has 0 spiro atoms. The Labute approximate surface area is 359 Å². The van der Waals surface area contributed by atoms with Gasteiger partial charge >= 0.3 is 11.9 Å². The molecule has 0 saturated carbocycles. The van der Waals surface area contributed by atoms with Crippen molar-refractivity contribution in [2.45, 2.75) is 103 Å². The number of nitrogens with one attached hydrogen (secondary N) is 7. The molecule has 62 heavy (non-hydrogen) atoms. The predicted molar refractivity (Wildman–Crippen MR) is 229 cm³/mol. The molecule has 0 bridgehead atoms. The van der Waals surface area contributed by atoms with E-state index in [1.807, 2.05) is 0 Å². The van der Waals surface area contributed by atoms with E-state index in [9.17, 15) is 37.5 Å². The molecule has 2 aromatic heterocycles. The molecule has 4 amide bonds. The molecule has 1 fully saturated rings. The van der Waals surface area contributed by atoms with Crippen molar-refractivity contribution >= 4 is 57.4 Å². The third-order valence-electron chi connectivity index (χ3n) is 11.0. The molecule has 2 aromatic carbocycles. The lowest BCUT2D eigenvalue weighted by atomic mass is 9.95. The number of carbonyl (C=O) groups excluding carboxylic acids is 6. The third kappa shape index (κ3) is 11.9. The largest absolute Gasteiger partial charge is 0.461 e. The van der Waals surface area contributed by atoms with Crippen LogP contribution in [0.5, 0.6) is 0 Å². The Hall–Kier alpha value is -5.88. The van der Waals surface area contributed by atoms with Crippen LogP contribution in [0.1, 0.15) is 70.9 Å². The second kappa shape index (κ2) is 21.8. The maximum absolute atomic E-state index is 14.8. The summed E-state index contributed by atoms with van der Waals surface area (Å²) in [5.41, 5.74) is 3.73. The number of hydrogen-bond acceptors (Lipinski definition) is 10. The molecule has 5 atom stereocenters. The third-order valence-corrected chi connectivity index (χ3v) is 11.0. The summed E-state index contributed by atoms with van der Waals surface area (Å²) in [4.78, 5) is 84.6. The highest BCUT2D eigenvalue weighted by atomic mass is 19.1. The summed E-state index contributed by atoms with van der Waals surface area (Å²) in [5.74, 6) is -3.37. The van der Waals surface area contributed by atoms with Crippen molar-refractivity contribution in [1.82, 2.24) is 41.5 Å². The number of benzene rings is 2. The molecule has 16 nitrogen and oxygen atoms in total. The average Bonchev–Trinajstić information content (AvgIpc) is 3.89. The maximum atomic E-state index is 14.8. The first kappa shape index (κ1) is 47.2. The summed E-state index contributed by atoms with van der Waals surface area (Å²) in [6, 6.07) is 6.69. The van der Waals surface area contributed by atoms with Crippen molar-refractivity contribution in [2.75, 3.05) is 40.3 Å². The predicted octanol–water partition coefficient (Wildman–Crippen LogP) is 3.27. The van der Waals surface area contributed by atoms with Crippen LogP contribution < -0.4 is 26.6 Å². The van der Waals surface area contributed by atoms with E-state index >= 15 is 0 Å². The molecular weight excluding hydrogens is 807 g/mol. The lowest BCUT2D eigenvalue weighted by molar-refractivity contribution is -0.147. The standard InChI is InChI=1S/C44H58F2N8O8/c1-7-35(50-39(57)21-47-5)43(59)49-20-29(61-24(3)55)10-9-11-33-31-14-12-26(45)16-37(31)52-41(33)42-34(32-15-13-27(46)17-38(32)53-42)19-28-18-30(62-25(4)56)23-54(28)44(60)36(8-2)51-40(58)22-48-6/h12-17,28-30,35-36,47-48,52-53H,7-11,18-23H2,1-6H3,(H,49,59)(H,50,57)(H,51,58). The van der Waals surface area contributed by atoms with E-state index in [4.69, 9.17) is 9.47 Å². The quantitative estimate of drug-likeness (QED) is 0.0607. The van der Waals surface area contributed by atoms with Crippen molar-refractivity contribution < 1.29 is 47.0 Å². The van der Waals surface area contributed by atoms with Gasteiger partial charge in [0.05, 0.1) is 37.6 Å². The molecule has 0 aliphatic carbocycles. The number of aryl methyl sites for hydroxylation is 1. The summed E-state index contributed by atoms with van der Waals surface area (Å²) in [7, 11) is 3.25. The van der Waals surface area contributed by atoms with Gasteiger partial charge in [-0.15, -0.1) is 0 Å². The monoisotopic (exact) mass is 864 g/mol. The van der Waals surface area contributed by atoms with E-state index in [0.29, 0.717) is 66.3 Å². The fraction of sp³-hybridized carbons (Fsp3) is 0.500. The Balaban J connectivity index is 1.48. The van der Waals surface area contributed by atoms with Crippen molar-refractivity contribution in [3.05, 3.63) is 59.2 Å². The molecule has 1 saturated heterocycles. The topological polar surface area (TPSA) is 216 Å². The van der Waals surface area contributed by atoms with E-state index in [-0.39, 0.29) is 50.3 Å². The van der Waals surface area contributed by atoms with Gasteiger partial charge in [0.2, 0.25) is 23.6 Å². The Morgan fingerprint density at radius 3 is 1.92 bits per heavy atom. The highest BCUT2D eigenvalue weighted by Gasteiger charge is 2.40. The number of amides is 4. The smallest absolute Gasteiger partial charge is 0.302 e. The second-order valence-corrected chi connectivity index (χ2v) is 15.6. The number of halogens is 2. The van der Waals surface area contributed by atoms with Crippen molar-refractivity contribution in [1.29, 1.82) is 0 Å². The van der Waals surface area contributed by atoms with Crippen LogP contribution in [0, 0.1) is 11.6 Å². The van der Waals surface area contributed by atoms with Crippen LogP contribution in [-0.4, -0.2) is 121 Å². The number of carbonyl (C=O) groups is 6. The first-order chi connectivity index (χ1) is 29.6. The number of aromatic amines is 2. The van der Waals surface area contributed by atoms with Gasteiger partial charge in [0.1, 0.15) is 35.9 Å². The summed E-state index contributed by atoms with van der Waals surface area (Å²) in [6.07, 6.45) is 1.11. The molecule has 1 aliphatic rings. The lowest BCUT2D eigenvalue weighted by Gasteiger charge is -2.29. The molecule has 0 radical (unpaired) electrons. The van der Waals surface area contributed by atoms with Crippen molar-refractivity contribution in [3.8, 4) is 11.4 Å². The van der Waals surface area contributed by atoms with Gasteiger partial charge in [0.25, 0.3) is 0 Å². The summed E-state index contributed by atoms with van der Waals surface area (Å²) >= 11 is 0. The zero-order chi connectivity index (χ0) is 45.1. The fourth-order valence-corrected chi connectivity index (χ4v) is 8.23. The molecule has 7 N–H and O–H groups in total. The van der Waals surface area contributed by atoms with Crippen molar-refractivity contribution in [2.24, 2.45) is 0 Å². The number of likely N-dealkylation sites (tertiary alicyclic amines) is 1. The molecule has 336 valence electrons. The zero-order valence-corrected chi connectivity index (χ0v) is 36.1. The number of hydrogen-bond donors (Lipinski definition) is 7. The van der Waals surface area contributed by atoms with Gasteiger partial charge in [0.15, 0.2) is 0 Å². The van der Waals surface area contributed by atoms with Gasteiger partial charge in [-0.25, -0.2) is 8.78 Å². The second-order valence-electron chi connectivity index (χ2n) is 15.6. The maximum Gasteiger partial charge on any atom is 0.302 e. The van der Waals surface area contributed by atoms with Crippen LogP contribution in [0.25, 0.3) is 33.2 Å². The normalized spacial score (nSPS) is 16.5. The van der Waals surface area contributed by atoms with Gasteiger partial charge in [0, 0.05) is 48.1 Å². The van der Waals surface area contributed by atoms with Gasteiger partial charge in [-0.2, -0.15) is 0 Å². The fourth-order valence-electron chi connectivity index (χ4n) is 8.23. The number of H-pyrrole nitrogens is 2. The van der Waals surface area contributed by atoms with E-state index in [1.54, 1.807) is 45.0 Å². The molecule has 5 rings (SSSR count). The number of nitrogens with zero attached hydrogens (tertiary/aromatic N) is 1. The molecule has 4 aromatic rings. The number of aromatic nitrogens is 2. The first-order valence-corrected chi connectivity index (χ1v) is 21.1. The van der Waals surface area contributed by atoms with Crippen LogP contribution in [0.4, 0.5) is 8.78 Å². The SMILES string of the molecule is CCC(NC(=O)CNC)C(=O)NCC(CCCc1c(-c2[nH]c3cc(F)ccc3c2CC2CC(OC(C)=O)CN2C(=O)C(CC)NC(=O)CNC)[nH]c2cc(F)ccc12)OC(C)=O. The summed E-state index contributed by atoms with van der Waals surface area (Å²) in [5, 5.41) is 15.2.